The third-order valence-electron chi connectivity index (χ3n) is 4.32. The molecule has 11 heteroatoms. The van der Waals surface area contributed by atoms with Crippen molar-refractivity contribution >= 4 is 38.9 Å². The van der Waals surface area contributed by atoms with E-state index < -0.39 is 12.1 Å². The van der Waals surface area contributed by atoms with Crippen molar-refractivity contribution in [3.63, 3.8) is 0 Å². The van der Waals surface area contributed by atoms with Gasteiger partial charge in [-0.15, -0.1) is 0 Å². The first kappa shape index (κ1) is 23.0. The van der Waals surface area contributed by atoms with E-state index in [0.717, 1.165) is 33.7 Å². The van der Waals surface area contributed by atoms with Gasteiger partial charge in [0.1, 0.15) is 11.6 Å². The number of carboxylic acids is 1. The van der Waals surface area contributed by atoms with Crippen molar-refractivity contribution in [2.75, 3.05) is 13.7 Å². The molecule has 1 fully saturated rings. The second-order valence-corrected chi connectivity index (χ2v) is 7.32. The highest BCUT2D eigenvalue weighted by molar-refractivity contribution is 9.10. The third kappa shape index (κ3) is 6.91. The van der Waals surface area contributed by atoms with E-state index in [0.29, 0.717) is 18.8 Å². The summed E-state index contributed by atoms with van der Waals surface area (Å²) in [5, 5.41) is 7.12. The zero-order chi connectivity index (χ0) is 21.6. The number of rotatable bonds is 6. The number of nitrogens with one attached hydrogen (secondary N) is 1. The number of carbonyl (C=O) groups excluding carboxylic acids is 1. The van der Waals surface area contributed by atoms with Gasteiger partial charge < -0.3 is 19.6 Å². The molecule has 160 valence electrons. The van der Waals surface area contributed by atoms with Crippen molar-refractivity contribution in [1.82, 2.24) is 9.97 Å². The molecule has 0 radical (unpaired) electrons. The number of alkyl halides is 3. The Morgan fingerprint density at radius 2 is 2.00 bits per heavy atom. The Labute approximate surface area is 172 Å². The Balaban J connectivity index is 0.000000370. The van der Waals surface area contributed by atoms with Gasteiger partial charge in [0, 0.05) is 12.5 Å². The van der Waals surface area contributed by atoms with Gasteiger partial charge in [0.15, 0.2) is 0 Å². The first-order valence-electron chi connectivity index (χ1n) is 8.78. The van der Waals surface area contributed by atoms with E-state index in [2.05, 4.69) is 30.6 Å². The number of carboxylic acid groups (broad SMARTS) is 1. The molecule has 29 heavy (non-hydrogen) atoms. The van der Waals surface area contributed by atoms with Crippen LogP contribution >= 0.6 is 15.9 Å². The predicted molar refractivity (Wildman–Crippen MR) is 101 cm³/mol. The van der Waals surface area contributed by atoms with E-state index in [9.17, 15) is 18.0 Å². The molecule has 2 aromatic rings. The number of ether oxygens (including phenoxy) is 2. The first-order valence-corrected chi connectivity index (χ1v) is 9.57. The highest BCUT2D eigenvalue weighted by Crippen LogP contribution is 2.32. The predicted octanol–water partition coefficient (Wildman–Crippen LogP) is 4.24. The minimum atomic E-state index is -5.08. The van der Waals surface area contributed by atoms with E-state index >= 15 is 0 Å². The molecule has 0 unspecified atom stereocenters. The molecular weight excluding hydrogens is 461 g/mol. The maximum Gasteiger partial charge on any atom is 0.490 e. The fourth-order valence-corrected chi connectivity index (χ4v) is 2.94. The largest absolute Gasteiger partial charge is 0.492 e. The van der Waals surface area contributed by atoms with Crippen LogP contribution in [0.3, 0.4) is 0 Å². The number of hydrogen-bond donors (Lipinski definition) is 2. The molecule has 0 atom stereocenters. The van der Waals surface area contributed by atoms with Gasteiger partial charge in [0.2, 0.25) is 0 Å². The third-order valence-corrected chi connectivity index (χ3v) is 4.94. The summed E-state index contributed by atoms with van der Waals surface area (Å²) in [6.07, 6.45) is -0.378. The zero-order valence-corrected chi connectivity index (χ0v) is 17.1. The van der Waals surface area contributed by atoms with E-state index in [4.69, 9.17) is 14.6 Å². The molecule has 1 aromatic carbocycles. The first-order chi connectivity index (χ1) is 13.6. The molecule has 1 aromatic heterocycles. The van der Waals surface area contributed by atoms with E-state index in [1.54, 1.807) is 0 Å². The molecule has 7 nitrogen and oxygen atoms in total. The topological polar surface area (TPSA) is 102 Å². The molecule has 0 bridgehead atoms. The van der Waals surface area contributed by atoms with Gasteiger partial charge in [-0.05, 0) is 40.8 Å². The van der Waals surface area contributed by atoms with Gasteiger partial charge in [-0.1, -0.05) is 6.42 Å². The normalized spacial score (nSPS) is 14.0. The molecule has 1 aliphatic carbocycles. The summed E-state index contributed by atoms with van der Waals surface area (Å²) in [4.78, 5) is 27.8. The summed E-state index contributed by atoms with van der Waals surface area (Å²) in [6, 6.07) is 3.91. The highest BCUT2D eigenvalue weighted by Gasteiger charge is 2.38. The lowest BCUT2D eigenvalue weighted by atomic mass is 9.86. The molecule has 0 aliphatic heterocycles. The fraction of sp³-hybridized carbons (Fsp3) is 0.500. The van der Waals surface area contributed by atoms with Gasteiger partial charge in [-0.25, -0.2) is 9.78 Å². The Morgan fingerprint density at radius 3 is 2.52 bits per heavy atom. The average Bonchev–Trinajstić information content (AvgIpc) is 2.99. The molecule has 2 N–H and O–H groups in total. The van der Waals surface area contributed by atoms with Crippen LogP contribution in [0.25, 0.3) is 11.0 Å². The fourth-order valence-electron chi connectivity index (χ4n) is 2.48. The molecule has 0 amide bonds. The van der Waals surface area contributed by atoms with Crippen LogP contribution in [0.15, 0.2) is 16.6 Å². The molecule has 0 spiro atoms. The van der Waals surface area contributed by atoms with Crippen molar-refractivity contribution in [3.05, 3.63) is 22.4 Å². The number of benzene rings is 1. The van der Waals surface area contributed by atoms with Crippen LogP contribution < -0.4 is 4.74 Å². The van der Waals surface area contributed by atoms with Crippen LogP contribution in [0.2, 0.25) is 0 Å². The number of imidazole rings is 1. The number of aryl methyl sites for hydroxylation is 1. The van der Waals surface area contributed by atoms with Crippen molar-refractivity contribution in [2.45, 2.75) is 38.3 Å². The summed E-state index contributed by atoms with van der Waals surface area (Å²) in [7, 11) is 1.39. The van der Waals surface area contributed by atoms with Crippen molar-refractivity contribution in [3.8, 4) is 5.75 Å². The van der Waals surface area contributed by atoms with E-state index in [1.165, 1.54) is 26.4 Å². The monoisotopic (exact) mass is 480 g/mol. The summed E-state index contributed by atoms with van der Waals surface area (Å²) in [6.45, 7) is 0.768. The number of aromatic amines is 1. The number of methoxy groups -OCH3 is 1. The van der Waals surface area contributed by atoms with Gasteiger partial charge in [0.05, 0.1) is 35.6 Å². The standard InChI is InChI=1S/C16H19BrN2O3.C2HF3O2/c1-21-16(20)6-5-15-18-12-7-11(17)14(8-13(12)19-15)22-9-10-3-2-4-10;3-2(4,5)1(6)7/h7-8,10H,2-6,9H2,1H3,(H,18,19);(H,6,7). The van der Waals surface area contributed by atoms with Crippen LogP contribution in [-0.2, 0) is 20.7 Å². The van der Waals surface area contributed by atoms with E-state index in [1.807, 2.05) is 12.1 Å². The number of esters is 1. The van der Waals surface area contributed by atoms with Crippen LogP contribution in [0.1, 0.15) is 31.5 Å². The number of aromatic nitrogens is 2. The van der Waals surface area contributed by atoms with Crippen molar-refractivity contribution in [1.29, 1.82) is 0 Å². The SMILES string of the molecule is COC(=O)CCc1nc2cc(OCC3CCC3)c(Br)cc2[nH]1.O=C(O)C(F)(F)F. The van der Waals surface area contributed by atoms with Crippen LogP contribution in [0.5, 0.6) is 5.75 Å². The number of nitrogens with zero attached hydrogens (tertiary/aromatic N) is 1. The maximum atomic E-state index is 11.2. The number of hydrogen-bond acceptors (Lipinski definition) is 5. The molecule has 3 rings (SSSR count). The Hall–Kier alpha value is -2.30. The molecule has 1 aliphatic rings. The van der Waals surface area contributed by atoms with Gasteiger partial charge in [0.25, 0.3) is 0 Å². The number of H-pyrrole nitrogens is 1. The molecule has 0 saturated heterocycles. The summed E-state index contributed by atoms with van der Waals surface area (Å²) < 4.78 is 43.2. The van der Waals surface area contributed by atoms with Crippen molar-refractivity contribution in [2.24, 2.45) is 5.92 Å². The Morgan fingerprint density at radius 1 is 1.34 bits per heavy atom. The van der Waals surface area contributed by atoms with E-state index in [-0.39, 0.29) is 5.97 Å². The minimum absolute atomic E-state index is 0.230. The smallest absolute Gasteiger partial charge is 0.490 e. The maximum absolute atomic E-state index is 11.2. The number of halogens is 4. The summed E-state index contributed by atoms with van der Waals surface area (Å²) >= 11 is 3.54. The molecule has 1 saturated carbocycles. The second-order valence-electron chi connectivity index (χ2n) is 6.47. The number of aliphatic carboxylic acids is 1. The Bertz CT molecular complexity index is 865. The van der Waals surface area contributed by atoms with Crippen LogP contribution in [-0.4, -0.2) is 46.9 Å². The zero-order valence-electron chi connectivity index (χ0n) is 15.5. The minimum Gasteiger partial charge on any atom is -0.492 e. The lowest BCUT2D eigenvalue weighted by Crippen LogP contribution is -2.21. The lowest BCUT2D eigenvalue weighted by molar-refractivity contribution is -0.192. The molecular formula is C18H20BrF3N2O5. The van der Waals surface area contributed by atoms with Gasteiger partial charge in [-0.3, -0.25) is 4.79 Å². The van der Waals surface area contributed by atoms with Gasteiger partial charge in [-0.2, -0.15) is 13.2 Å². The van der Waals surface area contributed by atoms with Crippen LogP contribution in [0, 0.1) is 5.92 Å². The quantitative estimate of drug-likeness (QED) is 0.599. The average molecular weight is 481 g/mol. The number of fused-ring (bicyclic) bond motifs is 1. The summed E-state index contributed by atoms with van der Waals surface area (Å²) in [5.74, 6) is -0.690. The highest BCUT2D eigenvalue weighted by atomic mass is 79.9. The Kier molecular flexibility index (Phi) is 7.88. The van der Waals surface area contributed by atoms with Crippen LogP contribution in [0.4, 0.5) is 13.2 Å². The number of carbonyl (C=O) groups is 2. The summed E-state index contributed by atoms with van der Waals surface area (Å²) in [5.41, 5.74) is 1.79. The lowest BCUT2D eigenvalue weighted by Gasteiger charge is -2.25. The van der Waals surface area contributed by atoms with Gasteiger partial charge >= 0.3 is 18.1 Å². The molecule has 1 heterocycles. The second kappa shape index (κ2) is 9.95. The van der Waals surface area contributed by atoms with Crippen molar-refractivity contribution < 1.29 is 37.3 Å².